The highest BCUT2D eigenvalue weighted by Gasteiger charge is 2.18. The smallest absolute Gasteiger partial charge is 0.339 e. The molecule has 106 valence electrons. The van der Waals surface area contributed by atoms with Crippen LogP contribution in [0.3, 0.4) is 0 Å². The van der Waals surface area contributed by atoms with Crippen molar-refractivity contribution in [2.45, 2.75) is 33.3 Å². The lowest BCUT2D eigenvalue weighted by molar-refractivity contribution is 0.0697. The maximum Gasteiger partial charge on any atom is 0.339 e. The molecule has 1 aromatic heterocycles. The molecular weight excluding hydrogens is 256 g/mol. The number of hydrogen-bond acceptors (Lipinski definition) is 3. The van der Waals surface area contributed by atoms with Gasteiger partial charge in [-0.25, -0.2) is 4.79 Å². The molecule has 1 heterocycles. The predicted molar refractivity (Wildman–Crippen MR) is 76.1 cm³/mol. The van der Waals surface area contributed by atoms with Crippen LogP contribution in [0, 0.1) is 6.92 Å². The number of aromatic nitrogens is 2. The van der Waals surface area contributed by atoms with Crippen LogP contribution in [0.2, 0.25) is 0 Å². The highest BCUT2D eigenvalue weighted by Crippen LogP contribution is 2.27. The van der Waals surface area contributed by atoms with E-state index in [1.807, 2.05) is 38.1 Å². The zero-order valence-electron chi connectivity index (χ0n) is 11.8. The van der Waals surface area contributed by atoms with Gasteiger partial charge >= 0.3 is 5.97 Å². The van der Waals surface area contributed by atoms with E-state index in [1.54, 1.807) is 6.92 Å². The minimum Gasteiger partial charge on any atom is -0.491 e. The first-order chi connectivity index (χ1) is 9.52. The van der Waals surface area contributed by atoms with Gasteiger partial charge in [0.15, 0.2) is 0 Å². The number of rotatable bonds is 5. The van der Waals surface area contributed by atoms with E-state index in [-0.39, 0.29) is 11.7 Å². The second kappa shape index (κ2) is 5.77. The van der Waals surface area contributed by atoms with Crippen molar-refractivity contribution in [1.29, 1.82) is 0 Å². The van der Waals surface area contributed by atoms with Crippen LogP contribution in [0.5, 0.6) is 5.75 Å². The summed E-state index contributed by atoms with van der Waals surface area (Å²) in [4.78, 5) is 11.3. The lowest BCUT2D eigenvalue weighted by Gasteiger charge is -2.13. The minimum absolute atomic E-state index is 0.116. The number of aryl methyl sites for hydroxylation is 1. The molecule has 0 aliphatic heterocycles. The van der Waals surface area contributed by atoms with Gasteiger partial charge in [0.2, 0.25) is 0 Å². The number of nitrogens with zero attached hydrogens (tertiary/aromatic N) is 1. The molecule has 2 aromatic rings. The molecular formula is C15H18N2O3. The topological polar surface area (TPSA) is 75.2 Å². The Morgan fingerprint density at radius 2 is 2.25 bits per heavy atom. The largest absolute Gasteiger partial charge is 0.491 e. The monoisotopic (exact) mass is 274 g/mol. The van der Waals surface area contributed by atoms with E-state index in [1.165, 1.54) is 0 Å². The SMILES string of the molecule is CCC(C)Oc1cccc(-c2n[nH]c(C)c2C(=O)O)c1. The van der Waals surface area contributed by atoms with Gasteiger partial charge in [0.05, 0.1) is 6.10 Å². The van der Waals surface area contributed by atoms with Crippen LogP contribution in [-0.4, -0.2) is 27.4 Å². The molecule has 0 bridgehead atoms. The number of aromatic carboxylic acids is 1. The van der Waals surface area contributed by atoms with E-state index in [2.05, 4.69) is 10.2 Å². The van der Waals surface area contributed by atoms with Crippen molar-refractivity contribution < 1.29 is 14.6 Å². The number of ether oxygens (including phenoxy) is 1. The number of carboxylic acid groups (broad SMARTS) is 1. The Morgan fingerprint density at radius 3 is 2.90 bits per heavy atom. The lowest BCUT2D eigenvalue weighted by atomic mass is 10.1. The molecule has 0 amide bonds. The first kappa shape index (κ1) is 14.1. The van der Waals surface area contributed by atoms with E-state index in [4.69, 9.17) is 4.74 Å². The summed E-state index contributed by atoms with van der Waals surface area (Å²) in [5.41, 5.74) is 1.91. The van der Waals surface area contributed by atoms with Crippen LogP contribution in [0.15, 0.2) is 24.3 Å². The van der Waals surface area contributed by atoms with Crippen LogP contribution in [0.25, 0.3) is 11.3 Å². The van der Waals surface area contributed by atoms with E-state index < -0.39 is 5.97 Å². The molecule has 1 aromatic carbocycles. The van der Waals surface area contributed by atoms with Crippen LogP contribution < -0.4 is 4.74 Å². The van der Waals surface area contributed by atoms with Gasteiger partial charge in [-0.15, -0.1) is 0 Å². The fraction of sp³-hybridized carbons (Fsp3) is 0.333. The highest BCUT2D eigenvalue weighted by molar-refractivity contribution is 5.96. The van der Waals surface area contributed by atoms with Crippen molar-refractivity contribution in [3.05, 3.63) is 35.5 Å². The fourth-order valence-corrected chi connectivity index (χ4v) is 1.93. The summed E-state index contributed by atoms with van der Waals surface area (Å²) in [5.74, 6) is -0.270. The molecule has 0 aliphatic rings. The summed E-state index contributed by atoms with van der Waals surface area (Å²) in [6.07, 6.45) is 1.02. The Morgan fingerprint density at radius 1 is 1.50 bits per heavy atom. The van der Waals surface area contributed by atoms with Crippen molar-refractivity contribution in [1.82, 2.24) is 10.2 Å². The third kappa shape index (κ3) is 2.82. The molecule has 0 fully saturated rings. The maximum absolute atomic E-state index is 11.3. The summed E-state index contributed by atoms with van der Waals surface area (Å²) in [7, 11) is 0. The Labute approximate surface area is 117 Å². The molecule has 5 nitrogen and oxygen atoms in total. The number of carbonyl (C=O) groups is 1. The van der Waals surface area contributed by atoms with Crippen molar-refractivity contribution in [2.75, 3.05) is 0 Å². The molecule has 0 saturated carbocycles. The van der Waals surface area contributed by atoms with Crippen LogP contribution in [0.1, 0.15) is 36.3 Å². The quantitative estimate of drug-likeness (QED) is 0.877. The number of hydrogen-bond donors (Lipinski definition) is 2. The molecule has 20 heavy (non-hydrogen) atoms. The molecule has 0 saturated heterocycles. The average Bonchev–Trinajstić information content (AvgIpc) is 2.81. The Kier molecular flexibility index (Phi) is 4.08. The van der Waals surface area contributed by atoms with Gasteiger partial charge in [-0.1, -0.05) is 19.1 Å². The average molecular weight is 274 g/mol. The van der Waals surface area contributed by atoms with Crippen LogP contribution in [0.4, 0.5) is 0 Å². The van der Waals surface area contributed by atoms with Gasteiger partial charge in [-0.2, -0.15) is 5.10 Å². The summed E-state index contributed by atoms with van der Waals surface area (Å²) < 4.78 is 5.75. The van der Waals surface area contributed by atoms with E-state index in [0.29, 0.717) is 17.1 Å². The van der Waals surface area contributed by atoms with Crippen molar-refractivity contribution >= 4 is 5.97 Å². The van der Waals surface area contributed by atoms with Crippen molar-refractivity contribution in [2.24, 2.45) is 0 Å². The van der Waals surface area contributed by atoms with Gasteiger partial charge < -0.3 is 9.84 Å². The molecule has 0 radical (unpaired) electrons. The second-order valence-corrected chi connectivity index (χ2v) is 4.74. The number of benzene rings is 1. The van der Waals surface area contributed by atoms with Crippen molar-refractivity contribution in [3.8, 4) is 17.0 Å². The van der Waals surface area contributed by atoms with E-state index >= 15 is 0 Å². The first-order valence-corrected chi connectivity index (χ1v) is 6.58. The summed E-state index contributed by atoms with van der Waals surface area (Å²) >= 11 is 0. The number of H-pyrrole nitrogens is 1. The van der Waals surface area contributed by atoms with Crippen LogP contribution in [-0.2, 0) is 0 Å². The molecule has 2 rings (SSSR count). The predicted octanol–water partition coefficient (Wildman–Crippen LogP) is 3.26. The number of nitrogens with one attached hydrogen (secondary N) is 1. The molecule has 5 heteroatoms. The zero-order valence-corrected chi connectivity index (χ0v) is 11.8. The van der Waals surface area contributed by atoms with E-state index in [9.17, 15) is 9.90 Å². The highest BCUT2D eigenvalue weighted by atomic mass is 16.5. The summed E-state index contributed by atoms with van der Waals surface area (Å²) in [5, 5.41) is 16.1. The van der Waals surface area contributed by atoms with Gasteiger partial charge in [0.25, 0.3) is 0 Å². The maximum atomic E-state index is 11.3. The van der Waals surface area contributed by atoms with Gasteiger partial charge in [0.1, 0.15) is 17.0 Å². The van der Waals surface area contributed by atoms with Gasteiger partial charge in [-0.3, -0.25) is 5.10 Å². The standard InChI is InChI=1S/C15H18N2O3/c1-4-9(2)20-12-7-5-6-11(8-12)14-13(15(18)19)10(3)16-17-14/h5-9H,4H2,1-3H3,(H,16,17)(H,18,19). The third-order valence-electron chi connectivity index (χ3n) is 3.18. The summed E-state index contributed by atoms with van der Waals surface area (Å²) in [6, 6.07) is 7.33. The Hall–Kier alpha value is -2.30. The van der Waals surface area contributed by atoms with Crippen molar-refractivity contribution in [3.63, 3.8) is 0 Å². The zero-order chi connectivity index (χ0) is 14.7. The Bertz CT molecular complexity index is 619. The number of aromatic amines is 1. The fourth-order valence-electron chi connectivity index (χ4n) is 1.93. The first-order valence-electron chi connectivity index (χ1n) is 6.58. The molecule has 1 atom stereocenters. The van der Waals surface area contributed by atoms with E-state index in [0.717, 1.165) is 12.0 Å². The lowest BCUT2D eigenvalue weighted by Crippen LogP contribution is -2.09. The Balaban J connectivity index is 2.39. The molecule has 0 aliphatic carbocycles. The molecule has 0 spiro atoms. The number of carboxylic acids is 1. The third-order valence-corrected chi connectivity index (χ3v) is 3.18. The molecule has 2 N–H and O–H groups in total. The summed E-state index contributed by atoms with van der Waals surface area (Å²) in [6.45, 7) is 5.74. The van der Waals surface area contributed by atoms with Gasteiger partial charge in [0, 0.05) is 11.3 Å². The van der Waals surface area contributed by atoms with Gasteiger partial charge in [-0.05, 0) is 32.4 Å². The van der Waals surface area contributed by atoms with Crippen LogP contribution >= 0.6 is 0 Å². The second-order valence-electron chi connectivity index (χ2n) is 4.74. The minimum atomic E-state index is -0.987. The molecule has 1 unspecified atom stereocenters. The normalized spacial score (nSPS) is 12.2.